The van der Waals surface area contributed by atoms with Gasteiger partial charge < -0.3 is 9.16 Å². The Hall–Kier alpha value is -1.09. The molecule has 1 atom stereocenters. The first kappa shape index (κ1) is 15.0. The predicted octanol–water partition coefficient (Wildman–Crippen LogP) is 3.90. The highest BCUT2D eigenvalue weighted by Crippen LogP contribution is 2.36. The van der Waals surface area contributed by atoms with Gasteiger partial charge in [0.05, 0.1) is 18.2 Å². The van der Waals surface area contributed by atoms with Crippen molar-refractivity contribution in [2.75, 3.05) is 7.11 Å². The van der Waals surface area contributed by atoms with Gasteiger partial charge in [-0.2, -0.15) is 5.26 Å². The number of hydrogen-bond acceptors (Lipinski definition) is 3. The van der Waals surface area contributed by atoms with Crippen LogP contribution in [0.5, 0.6) is 5.75 Å². The van der Waals surface area contributed by atoms with Gasteiger partial charge in [-0.1, -0.05) is 11.6 Å². The zero-order valence-corrected chi connectivity index (χ0v) is 12.5. The van der Waals surface area contributed by atoms with Crippen molar-refractivity contribution < 1.29 is 13.6 Å². The Morgan fingerprint density at radius 2 is 2.00 bits per heavy atom. The normalized spacial score (nSPS) is 12.9. The summed E-state index contributed by atoms with van der Waals surface area (Å²) < 4.78 is 24.2. The molecule has 0 bridgehead atoms. The smallest absolute Gasteiger partial charge is 0.186 e. The Labute approximate surface area is 112 Å². The number of nitriles is 1. The third kappa shape index (κ3) is 3.70. The molecule has 0 aliphatic heterocycles. The Bertz CT molecular complexity index is 482. The van der Waals surface area contributed by atoms with Gasteiger partial charge in [0.25, 0.3) is 0 Å². The zero-order valence-electron chi connectivity index (χ0n) is 10.8. The highest BCUT2D eigenvalue weighted by Gasteiger charge is 2.26. The molecule has 1 aromatic carbocycles. The molecule has 1 unspecified atom stereocenters. The maximum atomic E-state index is 13.4. The van der Waals surface area contributed by atoms with Gasteiger partial charge in [0.2, 0.25) is 0 Å². The molecule has 0 aliphatic rings. The summed E-state index contributed by atoms with van der Waals surface area (Å²) in [6, 6.07) is 4.38. The van der Waals surface area contributed by atoms with E-state index in [9.17, 15) is 9.65 Å². The van der Waals surface area contributed by atoms with Crippen LogP contribution < -0.4 is 4.74 Å². The molecule has 0 radical (unpaired) electrons. The molecule has 1 rings (SSSR count). The van der Waals surface area contributed by atoms with Crippen molar-refractivity contribution in [3.05, 3.63) is 28.5 Å². The first-order valence-electron chi connectivity index (χ1n) is 5.39. The minimum absolute atomic E-state index is 0.131. The first-order chi connectivity index (χ1) is 8.28. The van der Waals surface area contributed by atoms with Crippen molar-refractivity contribution in [1.82, 2.24) is 0 Å². The van der Waals surface area contributed by atoms with Crippen LogP contribution in [0.2, 0.25) is 24.7 Å². The number of nitrogens with zero attached hydrogens (tertiary/aromatic N) is 1. The minimum Gasteiger partial charge on any atom is -0.495 e. The van der Waals surface area contributed by atoms with Crippen LogP contribution in [-0.2, 0) is 4.43 Å². The predicted molar refractivity (Wildman–Crippen MR) is 70.7 cm³/mol. The van der Waals surface area contributed by atoms with Crippen molar-refractivity contribution in [1.29, 1.82) is 5.26 Å². The molecule has 1 aromatic rings. The van der Waals surface area contributed by atoms with E-state index in [-0.39, 0.29) is 10.8 Å². The highest BCUT2D eigenvalue weighted by atomic mass is 35.5. The summed E-state index contributed by atoms with van der Waals surface area (Å²) in [7, 11) is -0.516. The summed E-state index contributed by atoms with van der Waals surface area (Å²) in [6.45, 7) is 5.85. The van der Waals surface area contributed by atoms with Crippen LogP contribution in [0.15, 0.2) is 12.1 Å². The van der Waals surface area contributed by atoms with Crippen LogP contribution >= 0.6 is 11.6 Å². The molecule has 0 N–H and O–H groups in total. The van der Waals surface area contributed by atoms with Crippen LogP contribution in [0.3, 0.4) is 0 Å². The molecule has 98 valence electrons. The van der Waals surface area contributed by atoms with Crippen molar-refractivity contribution in [2.45, 2.75) is 25.7 Å². The molecule has 0 aromatic heterocycles. The Balaban J connectivity index is 3.25. The number of hydrogen-bond donors (Lipinski definition) is 0. The standard InChI is InChI=1S/C12H15ClFNO2Si/c1-16-12-9(5-8(14)6-10(12)13)11(7-15)17-18(2,3)4/h5-6,11H,1-4H3. The summed E-state index contributed by atoms with van der Waals surface area (Å²) >= 11 is 5.89. The molecule has 0 saturated carbocycles. The van der Waals surface area contributed by atoms with Crippen LogP contribution in [0.1, 0.15) is 11.7 Å². The molecular weight excluding hydrogens is 273 g/mol. The van der Waals surface area contributed by atoms with Gasteiger partial charge in [-0.05, 0) is 31.8 Å². The molecule has 0 aliphatic carbocycles. The third-order valence-corrected chi connectivity index (χ3v) is 3.34. The molecule has 18 heavy (non-hydrogen) atoms. The van der Waals surface area contributed by atoms with E-state index in [0.29, 0.717) is 5.56 Å². The lowest BCUT2D eigenvalue weighted by molar-refractivity contribution is 0.247. The minimum atomic E-state index is -1.94. The van der Waals surface area contributed by atoms with Crippen LogP contribution in [-0.4, -0.2) is 15.4 Å². The average molecular weight is 288 g/mol. The Morgan fingerprint density at radius 1 is 1.39 bits per heavy atom. The lowest BCUT2D eigenvalue weighted by atomic mass is 10.1. The van der Waals surface area contributed by atoms with Crippen molar-refractivity contribution in [2.24, 2.45) is 0 Å². The van der Waals surface area contributed by atoms with E-state index in [4.69, 9.17) is 20.8 Å². The van der Waals surface area contributed by atoms with Crippen LogP contribution in [0.25, 0.3) is 0 Å². The Morgan fingerprint density at radius 3 is 2.44 bits per heavy atom. The Kier molecular flexibility index (Phi) is 4.74. The molecule has 0 amide bonds. The fourth-order valence-corrected chi connectivity index (χ4v) is 2.68. The van der Waals surface area contributed by atoms with Crippen LogP contribution in [0.4, 0.5) is 4.39 Å². The highest BCUT2D eigenvalue weighted by molar-refractivity contribution is 6.69. The monoisotopic (exact) mass is 287 g/mol. The van der Waals surface area contributed by atoms with E-state index in [1.807, 2.05) is 25.7 Å². The number of rotatable bonds is 4. The van der Waals surface area contributed by atoms with Gasteiger partial charge in [0, 0.05) is 5.56 Å². The van der Waals surface area contributed by atoms with E-state index in [2.05, 4.69) is 0 Å². The van der Waals surface area contributed by atoms with Gasteiger partial charge >= 0.3 is 0 Å². The van der Waals surface area contributed by atoms with Crippen LogP contribution in [0, 0.1) is 17.1 Å². The fourth-order valence-electron chi connectivity index (χ4n) is 1.50. The fraction of sp³-hybridized carbons (Fsp3) is 0.417. The van der Waals surface area contributed by atoms with Gasteiger partial charge in [0.1, 0.15) is 11.6 Å². The van der Waals surface area contributed by atoms with Crippen molar-refractivity contribution in [3.63, 3.8) is 0 Å². The molecule has 3 nitrogen and oxygen atoms in total. The molecule has 0 heterocycles. The third-order valence-electron chi connectivity index (χ3n) is 2.11. The van der Waals surface area contributed by atoms with Crippen molar-refractivity contribution >= 4 is 19.9 Å². The van der Waals surface area contributed by atoms with Gasteiger partial charge in [-0.25, -0.2) is 4.39 Å². The molecule has 0 spiro atoms. The van der Waals surface area contributed by atoms with E-state index in [1.54, 1.807) is 0 Å². The molecule has 0 fully saturated rings. The lowest BCUT2D eigenvalue weighted by Gasteiger charge is -2.23. The summed E-state index contributed by atoms with van der Waals surface area (Å²) in [4.78, 5) is 0. The second-order valence-corrected chi connectivity index (χ2v) is 9.62. The summed E-state index contributed by atoms with van der Waals surface area (Å²) in [5.41, 5.74) is 0.326. The second-order valence-electron chi connectivity index (χ2n) is 4.75. The van der Waals surface area contributed by atoms with E-state index in [1.165, 1.54) is 13.2 Å². The molecule has 0 saturated heterocycles. The van der Waals surface area contributed by atoms with Gasteiger partial charge in [-0.3, -0.25) is 0 Å². The summed E-state index contributed by atoms with van der Waals surface area (Å²) in [5, 5.41) is 9.30. The largest absolute Gasteiger partial charge is 0.495 e. The van der Waals surface area contributed by atoms with E-state index >= 15 is 0 Å². The number of methoxy groups -OCH3 is 1. The first-order valence-corrected chi connectivity index (χ1v) is 9.17. The summed E-state index contributed by atoms with van der Waals surface area (Å²) in [6.07, 6.45) is -0.875. The topological polar surface area (TPSA) is 42.2 Å². The molecule has 6 heteroatoms. The number of benzene rings is 1. The maximum Gasteiger partial charge on any atom is 0.186 e. The van der Waals surface area contributed by atoms with E-state index < -0.39 is 20.2 Å². The average Bonchev–Trinajstić information content (AvgIpc) is 2.23. The number of ether oxygens (including phenoxy) is 1. The summed E-state index contributed by atoms with van der Waals surface area (Å²) in [5.74, 6) is -0.238. The quantitative estimate of drug-likeness (QED) is 0.789. The van der Waals surface area contributed by atoms with Gasteiger partial charge in [-0.15, -0.1) is 0 Å². The lowest BCUT2D eigenvalue weighted by Crippen LogP contribution is -2.27. The van der Waals surface area contributed by atoms with Gasteiger partial charge in [0.15, 0.2) is 14.4 Å². The second kappa shape index (κ2) is 5.70. The van der Waals surface area contributed by atoms with E-state index in [0.717, 1.165) is 6.07 Å². The zero-order chi connectivity index (χ0) is 13.9. The van der Waals surface area contributed by atoms with Crippen molar-refractivity contribution in [3.8, 4) is 11.8 Å². The SMILES string of the molecule is COc1c(Cl)cc(F)cc1C(C#N)O[Si](C)(C)C. The maximum absolute atomic E-state index is 13.4. The molecular formula is C12H15ClFNO2Si. The number of halogens is 2.